The van der Waals surface area contributed by atoms with Gasteiger partial charge in [-0.15, -0.1) is 0 Å². The maximum absolute atomic E-state index is 12.0. The van der Waals surface area contributed by atoms with Gasteiger partial charge in [-0.25, -0.2) is 0 Å². The van der Waals surface area contributed by atoms with Crippen molar-refractivity contribution in [3.8, 4) is 0 Å². The molecule has 3 heteroatoms. The average Bonchev–Trinajstić information content (AvgIpc) is 2.45. The van der Waals surface area contributed by atoms with E-state index >= 15 is 0 Å². The number of hydrogen-bond donors (Lipinski definition) is 0. The van der Waals surface area contributed by atoms with Gasteiger partial charge in [-0.1, -0.05) is 76.1 Å². The van der Waals surface area contributed by atoms with Gasteiger partial charge in [0.2, 0.25) is 0 Å². The van der Waals surface area contributed by atoms with Gasteiger partial charge in [-0.2, -0.15) is 0 Å². The van der Waals surface area contributed by atoms with Gasteiger partial charge in [0.15, 0.2) is 0 Å². The summed E-state index contributed by atoms with van der Waals surface area (Å²) >= 11 is 3.38. The summed E-state index contributed by atoms with van der Waals surface area (Å²) in [7, 11) is 0. The van der Waals surface area contributed by atoms with E-state index in [1.165, 1.54) is 0 Å². The normalized spacial score (nSPS) is 11.9. The lowest BCUT2D eigenvalue weighted by atomic mass is 10.1. The van der Waals surface area contributed by atoms with Crippen molar-refractivity contribution in [2.75, 3.05) is 0 Å². The molecular weight excluding hydrogens is 304 g/mol. The average molecular weight is 319 g/mol. The summed E-state index contributed by atoms with van der Waals surface area (Å²) < 4.78 is 5.30. The lowest BCUT2D eigenvalue weighted by molar-refractivity contribution is -0.144. The Bertz CT molecular complexity index is 552. The summed E-state index contributed by atoms with van der Waals surface area (Å²) in [5.41, 5.74) is 3.02. The molecule has 0 saturated heterocycles. The molecule has 0 radical (unpaired) electrons. The Hall–Kier alpha value is -1.61. The number of carbonyl (C=O) groups is 1. The van der Waals surface area contributed by atoms with Crippen LogP contribution in [0.5, 0.6) is 0 Å². The molecule has 0 aliphatic heterocycles. The highest BCUT2D eigenvalue weighted by molar-refractivity contribution is 9.09. The maximum atomic E-state index is 12.0. The van der Waals surface area contributed by atoms with Gasteiger partial charge in [0.05, 0.1) is 0 Å². The highest BCUT2D eigenvalue weighted by Gasteiger charge is 2.18. The van der Waals surface area contributed by atoms with E-state index in [2.05, 4.69) is 15.9 Å². The Labute approximate surface area is 121 Å². The van der Waals surface area contributed by atoms with E-state index in [0.29, 0.717) is 6.61 Å². The molecule has 98 valence electrons. The second kappa shape index (κ2) is 6.53. The molecule has 0 fully saturated rings. The van der Waals surface area contributed by atoms with E-state index in [1.807, 2.05) is 61.5 Å². The first-order valence-electron chi connectivity index (χ1n) is 6.08. The van der Waals surface area contributed by atoms with Gasteiger partial charge in [-0.05, 0) is 18.1 Å². The minimum Gasteiger partial charge on any atom is -0.460 e. The zero-order valence-corrected chi connectivity index (χ0v) is 12.3. The van der Waals surface area contributed by atoms with E-state index in [9.17, 15) is 4.79 Å². The van der Waals surface area contributed by atoms with E-state index in [-0.39, 0.29) is 5.97 Å². The van der Waals surface area contributed by atoms with Crippen molar-refractivity contribution in [1.82, 2.24) is 0 Å². The SMILES string of the molecule is Cc1cccc([C@@H](Br)C(=O)OCc2ccccc2)c1. The fourth-order valence-electron chi connectivity index (χ4n) is 1.77. The second-order valence-electron chi connectivity index (χ2n) is 4.37. The third-order valence-electron chi connectivity index (χ3n) is 2.77. The molecule has 0 bridgehead atoms. The van der Waals surface area contributed by atoms with Gasteiger partial charge in [-0.3, -0.25) is 4.79 Å². The third kappa shape index (κ3) is 3.93. The molecule has 0 amide bonds. The molecular formula is C16H15BrO2. The van der Waals surface area contributed by atoms with E-state index in [0.717, 1.165) is 16.7 Å². The van der Waals surface area contributed by atoms with Crippen LogP contribution in [0.15, 0.2) is 54.6 Å². The molecule has 2 rings (SSSR count). The Morgan fingerprint density at radius 2 is 1.89 bits per heavy atom. The fraction of sp³-hybridized carbons (Fsp3) is 0.188. The van der Waals surface area contributed by atoms with Crippen LogP contribution in [0.3, 0.4) is 0 Å². The highest BCUT2D eigenvalue weighted by atomic mass is 79.9. The zero-order chi connectivity index (χ0) is 13.7. The molecule has 2 aromatic rings. The van der Waals surface area contributed by atoms with Crippen LogP contribution in [0.1, 0.15) is 21.5 Å². The molecule has 0 unspecified atom stereocenters. The summed E-state index contributed by atoms with van der Waals surface area (Å²) in [5, 5.41) is 0. The molecule has 19 heavy (non-hydrogen) atoms. The molecule has 0 aliphatic rings. The van der Waals surface area contributed by atoms with E-state index in [4.69, 9.17) is 4.74 Å². The fourth-order valence-corrected chi connectivity index (χ4v) is 2.18. The Balaban J connectivity index is 1.96. The molecule has 2 nitrogen and oxygen atoms in total. The predicted octanol–water partition coefficient (Wildman–Crippen LogP) is 4.17. The summed E-state index contributed by atoms with van der Waals surface area (Å²) in [6.07, 6.45) is 0. The first-order chi connectivity index (χ1) is 9.16. The lowest BCUT2D eigenvalue weighted by Crippen LogP contribution is -2.11. The molecule has 0 saturated carbocycles. The van der Waals surface area contributed by atoms with Crippen LogP contribution in [0.4, 0.5) is 0 Å². The number of halogens is 1. The Morgan fingerprint density at radius 3 is 2.58 bits per heavy atom. The van der Waals surface area contributed by atoms with Gasteiger partial charge in [0.1, 0.15) is 11.4 Å². The quantitative estimate of drug-likeness (QED) is 0.624. The number of rotatable bonds is 4. The van der Waals surface area contributed by atoms with Crippen molar-refractivity contribution in [2.45, 2.75) is 18.4 Å². The van der Waals surface area contributed by atoms with Crippen molar-refractivity contribution in [2.24, 2.45) is 0 Å². The summed E-state index contributed by atoms with van der Waals surface area (Å²) in [6, 6.07) is 17.5. The third-order valence-corrected chi connectivity index (χ3v) is 3.67. The van der Waals surface area contributed by atoms with E-state index in [1.54, 1.807) is 0 Å². The lowest BCUT2D eigenvalue weighted by Gasteiger charge is -2.11. The van der Waals surface area contributed by atoms with Crippen LogP contribution in [0, 0.1) is 6.92 Å². The van der Waals surface area contributed by atoms with Crippen LogP contribution in [0.25, 0.3) is 0 Å². The molecule has 1 atom stereocenters. The van der Waals surface area contributed by atoms with Crippen molar-refractivity contribution >= 4 is 21.9 Å². The second-order valence-corrected chi connectivity index (χ2v) is 5.29. The molecule has 0 heterocycles. The Kier molecular flexibility index (Phi) is 4.74. The topological polar surface area (TPSA) is 26.3 Å². The summed E-state index contributed by atoms with van der Waals surface area (Å²) in [6.45, 7) is 2.30. The largest absolute Gasteiger partial charge is 0.460 e. The van der Waals surface area contributed by atoms with Crippen LogP contribution in [-0.2, 0) is 16.1 Å². The smallest absolute Gasteiger partial charge is 0.324 e. The van der Waals surface area contributed by atoms with Gasteiger partial charge in [0.25, 0.3) is 0 Å². The Morgan fingerprint density at radius 1 is 1.16 bits per heavy atom. The number of aryl methyl sites for hydroxylation is 1. The molecule has 0 spiro atoms. The maximum Gasteiger partial charge on any atom is 0.324 e. The van der Waals surface area contributed by atoms with Crippen molar-refractivity contribution in [3.63, 3.8) is 0 Å². The minimum absolute atomic E-state index is 0.269. The molecule has 0 N–H and O–H groups in total. The number of ether oxygens (including phenoxy) is 1. The monoisotopic (exact) mass is 318 g/mol. The summed E-state index contributed by atoms with van der Waals surface area (Å²) in [5.74, 6) is -0.269. The van der Waals surface area contributed by atoms with Gasteiger partial charge in [0, 0.05) is 0 Å². The first kappa shape index (κ1) is 13.8. The van der Waals surface area contributed by atoms with E-state index < -0.39 is 4.83 Å². The van der Waals surface area contributed by atoms with Gasteiger partial charge >= 0.3 is 5.97 Å². The van der Waals surface area contributed by atoms with Crippen LogP contribution >= 0.6 is 15.9 Å². The minimum atomic E-state index is -0.420. The highest BCUT2D eigenvalue weighted by Crippen LogP contribution is 2.25. The zero-order valence-electron chi connectivity index (χ0n) is 10.7. The standard InChI is InChI=1S/C16H15BrO2/c1-12-6-5-9-14(10-12)15(17)16(18)19-11-13-7-3-2-4-8-13/h2-10,15H,11H2,1H3/t15-/m1/s1. The molecule has 0 aromatic heterocycles. The van der Waals surface area contributed by atoms with Crippen LogP contribution < -0.4 is 0 Å². The number of benzene rings is 2. The van der Waals surface area contributed by atoms with Crippen molar-refractivity contribution in [1.29, 1.82) is 0 Å². The van der Waals surface area contributed by atoms with Crippen LogP contribution in [0.2, 0.25) is 0 Å². The predicted molar refractivity (Wildman–Crippen MR) is 79.1 cm³/mol. The van der Waals surface area contributed by atoms with Crippen LogP contribution in [-0.4, -0.2) is 5.97 Å². The summed E-state index contributed by atoms with van der Waals surface area (Å²) in [4.78, 5) is 11.5. The van der Waals surface area contributed by atoms with Crippen molar-refractivity contribution in [3.05, 3.63) is 71.3 Å². The number of hydrogen-bond acceptors (Lipinski definition) is 2. The molecule has 0 aliphatic carbocycles. The first-order valence-corrected chi connectivity index (χ1v) is 6.99. The number of esters is 1. The van der Waals surface area contributed by atoms with Gasteiger partial charge < -0.3 is 4.74 Å². The number of carbonyl (C=O) groups excluding carboxylic acids is 1. The number of alkyl halides is 1. The molecule has 2 aromatic carbocycles. The van der Waals surface area contributed by atoms with Crippen molar-refractivity contribution < 1.29 is 9.53 Å².